The zero-order valence-electron chi connectivity index (χ0n) is 9.79. The zero-order chi connectivity index (χ0) is 11.7. The first kappa shape index (κ1) is 12.9. The largest absolute Gasteiger partial charge is 0.302 e. The van der Waals surface area contributed by atoms with Gasteiger partial charge in [0, 0.05) is 0 Å². The maximum Gasteiger partial charge on any atom is 0.302 e. The average Bonchev–Trinajstić information content (AvgIpc) is 2.00. The molecule has 1 fully saturated rings. The second-order valence-corrected chi connectivity index (χ2v) is 7.20. The van der Waals surface area contributed by atoms with Crippen LogP contribution in [0.2, 0.25) is 0 Å². The van der Waals surface area contributed by atoms with E-state index in [1.54, 1.807) is 0 Å². The molecule has 0 N–H and O–H groups in total. The molecule has 1 aliphatic carbocycles. The molecule has 0 unspecified atom stereocenters. The number of hydrogen-bond donors (Lipinski definition) is 0. The minimum atomic E-state index is -4.28. The Labute approximate surface area is 92.5 Å². The van der Waals surface area contributed by atoms with Crippen LogP contribution in [0.4, 0.5) is 3.89 Å². The standard InChI is InChI=1S/C11H21FO2S/c1-11(2,3)10-6-4-9(5-7-10)8-15(12,13)14/h9-10H,4-8H2,1-3H3. The van der Waals surface area contributed by atoms with E-state index in [0.29, 0.717) is 11.3 Å². The quantitative estimate of drug-likeness (QED) is 0.690. The second kappa shape index (κ2) is 4.40. The van der Waals surface area contributed by atoms with Crippen molar-refractivity contribution in [3.8, 4) is 0 Å². The van der Waals surface area contributed by atoms with Crippen LogP contribution in [-0.4, -0.2) is 14.2 Å². The molecule has 1 aliphatic rings. The van der Waals surface area contributed by atoms with Gasteiger partial charge in [-0.3, -0.25) is 0 Å². The summed E-state index contributed by atoms with van der Waals surface area (Å²) in [5, 5.41) is 0. The molecular weight excluding hydrogens is 215 g/mol. The summed E-state index contributed by atoms with van der Waals surface area (Å²) in [4.78, 5) is 0. The monoisotopic (exact) mass is 236 g/mol. The van der Waals surface area contributed by atoms with Crippen LogP contribution < -0.4 is 0 Å². The van der Waals surface area contributed by atoms with E-state index in [2.05, 4.69) is 20.8 Å². The Morgan fingerprint density at radius 2 is 1.60 bits per heavy atom. The Morgan fingerprint density at radius 3 is 1.93 bits per heavy atom. The first-order valence-electron chi connectivity index (χ1n) is 5.61. The fraction of sp³-hybridized carbons (Fsp3) is 1.00. The highest BCUT2D eigenvalue weighted by molar-refractivity contribution is 7.86. The molecule has 90 valence electrons. The summed E-state index contributed by atoms with van der Waals surface area (Å²) in [6.07, 6.45) is 3.77. The third kappa shape index (κ3) is 4.49. The zero-order valence-corrected chi connectivity index (χ0v) is 10.6. The van der Waals surface area contributed by atoms with Crippen molar-refractivity contribution in [2.75, 3.05) is 5.75 Å². The van der Waals surface area contributed by atoms with Crippen LogP contribution in [0.1, 0.15) is 46.5 Å². The van der Waals surface area contributed by atoms with Crippen LogP contribution in [0.25, 0.3) is 0 Å². The van der Waals surface area contributed by atoms with Gasteiger partial charge in [0.2, 0.25) is 0 Å². The molecule has 0 aliphatic heterocycles. The topological polar surface area (TPSA) is 34.1 Å². The Kier molecular flexibility index (Phi) is 3.80. The molecule has 0 aromatic carbocycles. The third-order valence-corrected chi connectivity index (χ3v) is 4.38. The van der Waals surface area contributed by atoms with Gasteiger partial charge >= 0.3 is 10.2 Å². The van der Waals surface area contributed by atoms with Gasteiger partial charge in [0.05, 0.1) is 5.75 Å². The number of hydrogen-bond acceptors (Lipinski definition) is 2. The van der Waals surface area contributed by atoms with E-state index in [0.717, 1.165) is 25.7 Å². The maximum absolute atomic E-state index is 12.5. The Balaban J connectivity index is 2.43. The van der Waals surface area contributed by atoms with Crippen LogP contribution in [-0.2, 0) is 10.2 Å². The maximum atomic E-state index is 12.5. The summed E-state index contributed by atoms with van der Waals surface area (Å²) in [7, 11) is -4.28. The number of halogens is 1. The van der Waals surface area contributed by atoms with Crippen LogP contribution in [0.5, 0.6) is 0 Å². The molecule has 0 amide bonds. The molecule has 15 heavy (non-hydrogen) atoms. The van der Waals surface area contributed by atoms with Crippen molar-refractivity contribution in [1.82, 2.24) is 0 Å². The van der Waals surface area contributed by atoms with Gasteiger partial charge in [-0.1, -0.05) is 20.8 Å². The minimum absolute atomic E-state index is 0.0404. The minimum Gasteiger partial charge on any atom is -0.195 e. The third-order valence-electron chi connectivity index (χ3n) is 3.51. The molecule has 0 bridgehead atoms. The lowest BCUT2D eigenvalue weighted by Gasteiger charge is -2.36. The predicted molar refractivity (Wildman–Crippen MR) is 59.8 cm³/mol. The fourth-order valence-electron chi connectivity index (χ4n) is 2.48. The van der Waals surface area contributed by atoms with Crippen LogP contribution in [0, 0.1) is 17.3 Å². The number of rotatable bonds is 2. The molecule has 0 saturated heterocycles. The van der Waals surface area contributed by atoms with Crippen molar-refractivity contribution in [3.05, 3.63) is 0 Å². The lowest BCUT2D eigenvalue weighted by Crippen LogP contribution is -2.27. The smallest absolute Gasteiger partial charge is 0.195 e. The van der Waals surface area contributed by atoms with Crippen molar-refractivity contribution in [3.63, 3.8) is 0 Å². The summed E-state index contributed by atoms with van der Waals surface area (Å²) in [5.41, 5.74) is 0.291. The van der Waals surface area contributed by atoms with Crippen molar-refractivity contribution in [1.29, 1.82) is 0 Å². The molecular formula is C11H21FO2S. The first-order chi connectivity index (χ1) is 6.68. The van der Waals surface area contributed by atoms with E-state index in [1.807, 2.05) is 0 Å². The lowest BCUT2D eigenvalue weighted by molar-refractivity contribution is 0.156. The van der Waals surface area contributed by atoms with Crippen LogP contribution in [0.15, 0.2) is 0 Å². The van der Waals surface area contributed by atoms with Gasteiger partial charge in [0.1, 0.15) is 0 Å². The Morgan fingerprint density at radius 1 is 1.13 bits per heavy atom. The molecule has 0 spiro atoms. The van der Waals surface area contributed by atoms with Gasteiger partial charge in [-0.2, -0.15) is 8.42 Å². The summed E-state index contributed by atoms with van der Waals surface area (Å²) < 4.78 is 33.5. The molecule has 0 atom stereocenters. The van der Waals surface area contributed by atoms with E-state index >= 15 is 0 Å². The molecule has 0 heterocycles. The van der Waals surface area contributed by atoms with E-state index in [9.17, 15) is 12.3 Å². The van der Waals surface area contributed by atoms with Gasteiger partial charge in [0.25, 0.3) is 0 Å². The molecule has 1 saturated carbocycles. The highest BCUT2D eigenvalue weighted by Gasteiger charge is 2.31. The van der Waals surface area contributed by atoms with Crippen molar-refractivity contribution >= 4 is 10.2 Å². The lowest BCUT2D eigenvalue weighted by atomic mass is 9.70. The average molecular weight is 236 g/mol. The Bertz CT molecular complexity index is 295. The molecule has 0 radical (unpaired) electrons. The van der Waals surface area contributed by atoms with Crippen molar-refractivity contribution < 1.29 is 12.3 Å². The summed E-state index contributed by atoms with van der Waals surface area (Å²) in [5.74, 6) is 0.416. The van der Waals surface area contributed by atoms with Gasteiger partial charge in [-0.05, 0) is 42.9 Å². The summed E-state index contributed by atoms with van der Waals surface area (Å²) >= 11 is 0. The normalized spacial score (nSPS) is 29.1. The molecule has 0 aromatic rings. The fourth-order valence-corrected chi connectivity index (χ4v) is 3.37. The van der Waals surface area contributed by atoms with Gasteiger partial charge in [-0.15, -0.1) is 3.89 Å². The van der Waals surface area contributed by atoms with Crippen LogP contribution >= 0.6 is 0 Å². The van der Waals surface area contributed by atoms with E-state index in [-0.39, 0.29) is 11.7 Å². The predicted octanol–water partition coefficient (Wildman–Crippen LogP) is 3.14. The summed E-state index contributed by atoms with van der Waals surface area (Å²) in [6.45, 7) is 6.64. The van der Waals surface area contributed by atoms with Crippen LogP contribution in [0.3, 0.4) is 0 Å². The molecule has 1 rings (SSSR count). The van der Waals surface area contributed by atoms with Crippen molar-refractivity contribution in [2.24, 2.45) is 17.3 Å². The van der Waals surface area contributed by atoms with E-state index in [1.165, 1.54) is 0 Å². The van der Waals surface area contributed by atoms with Gasteiger partial charge < -0.3 is 0 Å². The van der Waals surface area contributed by atoms with Crippen molar-refractivity contribution in [2.45, 2.75) is 46.5 Å². The summed E-state index contributed by atoms with van der Waals surface area (Å²) in [6, 6.07) is 0. The van der Waals surface area contributed by atoms with E-state index in [4.69, 9.17) is 0 Å². The van der Waals surface area contributed by atoms with Gasteiger partial charge in [-0.25, -0.2) is 0 Å². The molecule has 2 nitrogen and oxygen atoms in total. The molecule has 4 heteroatoms. The highest BCUT2D eigenvalue weighted by Crippen LogP contribution is 2.40. The van der Waals surface area contributed by atoms with Gasteiger partial charge in [0.15, 0.2) is 0 Å². The van der Waals surface area contributed by atoms with E-state index < -0.39 is 10.2 Å². The first-order valence-corrected chi connectivity index (χ1v) is 7.16. The highest BCUT2D eigenvalue weighted by atomic mass is 32.3. The second-order valence-electron chi connectivity index (χ2n) is 5.79. The Hall–Kier alpha value is -0.120. The molecule has 0 aromatic heterocycles. The SMILES string of the molecule is CC(C)(C)C1CCC(CS(=O)(=O)F)CC1.